The van der Waals surface area contributed by atoms with Crippen molar-refractivity contribution in [1.82, 2.24) is 35.0 Å². The van der Waals surface area contributed by atoms with Gasteiger partial charge in [0.25, 0.3) is 5.56 Å². The first-order valence-corrected chi connectivity index (χ1v) is 13.1. The van der Waals surface area contributed by atoms with Crippen LogP contribution in [0.25, 0.3) is 33.5 Å². The second-order valence-electron chi connectivity index (χ2n) is 9.18. The quantitative estimate of drug-likeness (QED) is 0.324. The molecule has 5 heterocycles. The fourth-order valence-electron chi connectivity index (χ4n) is 4.66. The summed E-state index contributed by atoms with van der Waals surface area (Å²) < 4.78 is 6.69. The van der Waals surface area contributed by atoms with Crippen molar-refractivity contribution in [2.24, 2.45) is 0 Å². The van der Waals surface area contributed by atoms with Crippen LogP contribution < -0.4 is 21.1 Å². The van der Waals surface area contributed by atoms with E-state index in [-0.39, 0.29) is 5.56 Å². The van der Waals surface area contributed by atoms with E-state index >= 15 is 0 Å². The zero-order valence-electron chi connectivity index (χ0n) is 21.5. The summed E-state index contributed by atoms with van der Waals surface area (Å²) in [5.74, 6) is 2.22. The monoisotopic (exact) mass is 543 g/mol. The van der Waals surface area contributed by atoms with E-state index in [9.17, 15) is 4.79 Å². The molecule has 11 nitrogen and oxygen atoms in total. The van der Waals surface area contributed by atoms with Gasteiger partial charge in [0.05, 0.1) is 11.9 Å². The average Bonchev–Trinajstić information content (AvgIpc) is 3.40. The van der Waals surface area contributed by atoms with Crippen LogP contribution in [-0.4, -0.2) is 55.8 Å². The number of rotatable bonds is 6. The number of aromatic nitrogens is 6. The summed E-state index contributed by atoms with van der Waals surface area (Å²) in [7, 11) is 0. The number of pyridine rings is 2. The smallest absolute Gasteiger partial charge is 0.260 e. The van der Waals surface area contributed by atoms with Gasteiger partial charge in [0.2, 0.25) is 17.7 Å². The minimum atomic E-state index is -0.193. The van der Waals surface area contributed by atoms with Gasteiger partial charge in [0.1, 0.15) is 11.5 Å². The van der Waals surface area contributed by atoms with E-state index in [1.54, 1.807) is 42.1 Å². The number of hydrogen-bond acceptors (Lipinski definition) is 10. The van der Waals surface area contributed by atoms with E-state index in [1.807, 2.05) is 25.1 Å². The number of nitrogens with one attached hydrogen (secondary N) is 2. The maximum Gasteiger partial charge on any atom is 0.260 e. The van der Waals surface area contributed by atoms with Crippen LogP contribution in [0.4, 0.5) is 17.5 Å². The summed E-state index contributed by atoms with van der Waals surface area (Å²) >= 11 is 6.63. The Morgan fingerprint density at radius 1 is 1.05 bits per heavy atom. The van der Waals surface area contributed by atoms with Crippen molar-refractivity contribution in [3.63, 3.8) is 0 Å². The highest BCUT2D eigenvalue weighted by molar-refractivity contribution is 6.33. The lowest BCUT2D eigenvalue weighted by Crippen LogP contribution is -2.43. The molecule has 0 atom stereocenters. The third-order valence-electron chi connectivity index (χ3n) is 6.63. The van der Waals surface area contributed by atoms with Crippen molar-refractivity contribution in [2.75, 3.05) is 36.4 Å². The Kier molecular flexibility index (Phi) is 6.67. The van der Waals surface area contributed by atoms with Gasteiger partial charge in [0.15, 0.2) is 0 Å². The van der Waals surface area contributed by atoms with Crippen molar-refractivity contribution >= 4 is 40.1 Å². The molecule has 0 unspecified atom stereocenters. The summed E-state index contributed by atoms with van der Waals surface area (Å²) in [6.45, 7) is 7.81. The molecule has 0 radical (unpaired) electrons. The summed E-state index contributed by atoms with van der Waals surface area (Å²) in [6, 6.07) is 11.0. The lowest BCUT2D eigenvalue weighted by Gasteiger charge is -2.28. The Labute approximate surface area is 228 Å². The van der Waals surface area contributed by atoms with Crippen molar-refractivity contribution in [3.8, 4) is 22.5 Å². The molecule has 12 heteroatoms. The molecule has 1 fully saturated rings. The lowest BCUT2D eigenvalue weighted by atomic mass is 10.0. The van der Waals surface area contributed by atoms with Gasteiger partial charge < -0.3 is 20.1 Å². The van der Waals surface area contributed by atoms with Gasteiger partial charge in [0, 0.05) is 72.9 Å². The predicted molar refractivity (Wildman–Crippen MR) is 151 cm³/mol. The maximum absolute atomic E-state index is 13.5. The van der Waals surface area contributed by atoms with Crippen LogP contribution in [0.1, 0.15) is 12.8 Å². The number of nitrogens with zero attached hydrogens (tertiary/aromatic N) is 7. The topological polar surface area (TPSA) is 127 Å². The van der Waals surface area contributed by atoms with Gasteiger partial charge >= 0.3 is 0 Å². The lowest BCUT2D eigenvalue weighted by molar-refractivity contribution is 0.394. The molecule has 1 aromatic carbocycles. The third-order valence-corrected chi connectivity index (χ3v) is 6.95. The summed E-state index contributed by atoms with van der Waals surface area (Å²) in [4.78, 5) is 33.8. The van der Waals surface area contributed by atoms with Crippen molar-refractivity contribution in [3.05, 3.63) is 70.1 Å². The fraction of sp³-hybridized carbons (Fsp3) is 0.259. The molecule has 39 heavy (non-hydrogen) atoms. The molecule has 1 saturated heterocycles. The molecule has 0 saturated carbocycles. The molecule has 198 valence electrons. The molecule has 2 N–H and O–H groups in total. The van der Waals surface area contributed by atoms with Crippen molar-refractivity contribution in [2.45, 2.75) is 20.4 Å². The maximum atomic E-state index is 13.5. The van der Waals surface area contributed by atoms with Crippen LogP contribution in [0.15, 0.2) is 58.1 Å². The van der Waals surface area contributed by atoms with Gasteiger partial charge in [-0.15, -0.1) is 0 Å². The molecule has 4 aromatic heterocycles. The number of hydrogen-bond donors (Lipinski definition) is 2. The molecule has 0 aliphatic carbocycles. The molecule has 0 bridgehead atoms. The molecule has 1 aliphatic rings. The number of halogens is 1. The number of benzene rings is 1. The van der Waals surface area contributed by atoms with E-state index in [2.05, 4.69) is 40.6 Å². The van der Waals surface area contributed by atoms with Gasteiger partial charge in [-0.25, -0.2) is 9.97 Å². The minimum Gasteiger partial charge on any atom is -0.354 e. The first-order valence-electron chi connectivity index (χ1n) is 12.7. The van der Waals surface area contributed by atoms with Crippen molar-refractivity contribution in [1.29, 1.82) is 0 Å². The molecular weight excluding hydrogens is 518 g/mol. The Morgan fingerprint density at radius 3 is 2.59 bits per heavy atom. The van der Waals surface area contributed by atoms with Crippen molar-refractivity contribution < 1.29 is 4.52 Å². The van der Waals surface area contributed by atoms with Crippen LogP contribution in [0.3, 0.4) is 0 Å². The number of fused-ring (bicyclic) bond motifs is 1. The van der Waals surface area contributed by atoms with E-state index < -0.39 is 0 Å². The summed E-state index contributed by atoms with van der Waals surface area (Å²) in [5, 5.41) is 11.6. The standard InChI is InChI=1S/C27H26ClN9O2/c1-3-37-25-18(12-21(26(37)38)20-6-4-17(13-22(20)28)24-32-16(2)39-35-24)14-31-27(34-25)33-19-5-7-23(30-15-19)36-10-8-29-9-11-36/h4-7,12-15,29H,3,8-11H2,1-2H3,(H,31,33,34). The molecular formula is C27H26ClN9O2. The summed E-state index contributed by atoms with van der Waals surface area (Å²) in [5.41, 5.74) is 2.87. The Bertz CT molecular complexity index is 1710. The molecule has 0 spiro atoms. The number of aryl methyl sites for hydroxylation is 2. The third kappa shape index (κ3) is 4.93. The van der Waals surface area contributed by atoms with E-state index in [0.29, 0.717) is 51.6 Å². The van der Waals surface area contributed by atoms with Crippen LogP contribution in [0.2, 0.25) is 5.02 Å². The van der Waals surface area contributed by atoms with Crippen LogP contribution in [-0.2, 0) is 6.54 Å². The minimum absolute atomic E-state index is 0.193. The first-order chi connectivity index (χ1) is 19.0. The van der Waals surface area contributed by atoms with Crippen LogP contribution in [0, 0.1) is 6.92 Å². The zero-order chi connectivity index (χ0) is 26.9. The highest BCUT2D eigenvalue weighted by Crippen LogP contribution is 2.31. The normalized spacial score (nSPS) is 13.7. The van der Waals surface area contributed by atoms with E-state index in [1.165, 1.54) is 0 Å². The summed E-state index contributed by atoms with van der Waals surface area (Å²) in [6.07, 6.45) is 3.47. The molecule has 5 aromatic rings. The van der Waals surface area contributed by atoms with Gasteiger partial charge in [-0.05, 0) is 31.2 Å². The largest absolute Gasteiger partial charge is 0.354 e. The van der Waals surface area contributed by atoms with E-state index in [4.69, 9.17) is 16.1 Å². The predicted octanol–water partition coefficient (Wildman–Crippen LogP) is 4.04. The second-order valence-corrected chi connectivity index (χ2v) is 9.59. The van der Waals surface area contributed by atoms with Gasteiger partial charge in [-0.1, -0.05) is 28.9 Å². The second kappa shape index (κ2) is 10.4. The molecule has 0 amide bonds. The highest BCUT2D eigenvalue weighted by atomic mass is 35.5. The van der Waals surface area contributed by atoms with Gasteiger partial charge in [-0.2, -0.15) is 9.97 Å². The number of piperazine rings is 1. The SMILES string of the molecule is CCn1c(=O)c(-c2ccc(-c3noc(C)n3)cc2Cl)cc2cnc(Nc3ccc(N4CCNCC4)nc3)nc21. The van der Waals surface area contributed by atoms with Crippen LogP contribution >= 0.6 is 11.6 Å². The Morgan fingerprint density at radius 2 is 1.90 bits per heavy atom. The van der Waals surface area contributed by atoms with Gasteiger partial charge in [-0.3, -0.25) is 9.36 Å². The average molecular weight is 544 g/mol. The van der Waals surface area contributed by atoms with Crippen LogP contribution in [0.5, 0.6) is 0 Å². The Hall–Kier alpha value is -4.35. The Balaban J connectivity index is 1.30. The molecule has 1 aliphatic heterocycles. The zero-order valence-corrected chi connectivity index (χ0v) is 22.2. The fourth-order valence-corrected chi connectivity index (χ4v) is 4.95. The highest BCUT2D eigenvalue weighted by Gasteiger charge is 2.17. The first kappa shape index (κ1) is 25.0. The number of anilines is 3. The molecule has 6 rings (SSSR count). The van der Waals surface area contributed by atoms with E-state index in [0.717, 1.165) is 43.1 Å².